The van der Waals surface area contributed by atoms with Crippen molar-refractivity contribution in [2.24, 2.45) is 0 Å². The van der Waals surface area contributed by atoms with E-state index in [0.29, 0.717) is 18.1 Å². The predicted molar refractivity (Wildman–Crippen MR) is 95.2 cm³/mol. The van der Waals surface area contributed by atoms with Gasteiger partial charge in [-0.15, -0.1) is 0 Å². The highest BCUT2D eigenvalue weighted by atomic mass is 16.6. The van der Waals surface area contributed by atoms with Gasteiger partial charge in [-0.1, -0.05) is 0 Å². The number of carbonyl (C=O) groups is 1. The standard InChI is InChI=1S/C18H18N4O5/c1-2-21-14(9-10-20-21)11-19-18(23)17-8-7-16(27-17)12-26-15-5-3-13(4-6-15)22(24)25/h3-10H,2,11-12H2,1H3,(H,19,23). The number of nitrogens with zero attached hydrogens (tertiary/aromatic N) is 3. The van der Waals surface area contributed by atoms with Crippen LogP contribution in [-0.2, 0) is 19.7 Å². The van der Waals surface area contributed by atoms with Gasteiger partial charge in [-0.25, -0.2) is 0 Å². The molecule has 0 aliphatic heterocycles. The second-order valence-electron chi connectivity index (χ2n) is 5.63. The Hall–Kier alpha value is -3.62. The molecule has 3 aromatic rings. The number of ether oxygens (including phenoxy) is 1. The van der Waals surface area contributed by atoms with Crippen LogP contribution >= 0.6 is 0 Å². The average molecular weight is 370 g/mol. The fraction of sp³-hybridized carbons (Fsp3) is 0.222. The molecule has 0 saturated carbocycles. The maximum Gasteiger partial charge on any atom is 0.287 e. The molecule has 0 fully saturated rings. The van der Waals surface area contributed by atoms with Gasteiger partial charge in [-0.2, -0.15) is 5.10 Å². The van der Waals surface area contributed by atoms with E-state index in [-0.39, 0.29) is 24.0 Å². The highest BCUT2D eigenvalue weighted by Gasteiger charge is 2.12. The first-order chi connectivity index (χ1) is 13.1. The number of aryl methyl sites for hydroxylation is 1. The summed E-state index contributed by atoms with van der Waals surface area (Å²) in [4.78, 5) is 22.3. The lowest BCUT2D eigenvalue weighted by Gasteiger charge is -2.06. The van der Waals surface area contributed by atoms with E-state index >= 15 is 0 Å². The quantitative estimate of drug-likeness (QED) is 0.482. The Morgan fingerprint density at radius 3 is 2.74 bits per heavy atom. The molecule has 0 atom stereocenters. The molecule has 9 nitrogen and oxygen atoms in total. The molecule has 9 heteroatoms. The van der Waals surface area contributed by atoms with Gasteiger partial charge in [0.2, 0.25) is 0 Å². The number of nitro groups is 1. The number of rotatable bonds is 8. The van der Waals surface area contributed by atoms with Crippen LogP contribution in [0.3, 0.4) is 0 Å². The number of hydrogen-bond acceptors (Lipinski definition) is 6. The minimum Gasteiger partial charge on any atom is -0.486 e. The molecule has 0 bridgehead atoms. The van der Waals surface area contributed by atoms with Gasteiger partial charge < -0.3 is 14.5 Å². The Bertz CT molecular complexity index is 929. The van der Waals surface area contributed by atoms with Crippen LogP contribution in [0.15, 0.2) is 53.1 Å². The maximum atomic E-state index is 12.2. The average Bonchev–Trinajstić information content (AvgIpc) is 3.33. The molecule has 2 aromatic heterocycles. The molecule has 0 unspecified atom stereocenters. The lowest BCUT2D eigenvalue weighted by atomic mass is 10.3. The van der Waals surface area contributed by atoms with Crippen molar-refractivity contribution in [3.8, 4) is 5.75 Å². The highest BCUT2D eigenvalue weighted by molar-refractivity contribution is 5.91. The second kappa shape index (κ2) is 8.17. The highest BCUT2D eigenvalue weighted by Crippen LogP contribution is 2.19. The lowest BCUT2D eigenvalue weighted by Crippen LogP contribution is -2.23. The summed E-state index contributed by atoms with van der Waals surface area (Å²) in [5.41, 5.74) is 0.892. The van der Waals surface area contributed by atoms with Crippen molar-refractivity contribution in [1.29, 1.82) is 0 Å². The number of nitrogens with one attached hydrogen (secondary N) is 1. The van der Waals surface area contributed by atoms with Crippen molar-refractivity contribution in [2.75, 3.05) is 0 Å². The summed E-state index contributed by atoms with van der Waals surface area (Å²) in [7, 11) is 0. The number of amides is 1. The molecule has 0 radical (unpaired) electrons. The van der Waals surface area contributed by atoms with Gasteiger partial charge in [-0.3, -0.25) is 19.6 Å². The summed E-state index contributed by atoms with van der Waals surface area (Å²) in [5, 5.41) is 17.6. The van der Waals surface area contributed by atoms with E-state index in [2.05, 4.69) is 10.4 Å². The first-order valence-corrected chi connectivity index (χ1v) is 8.31. The Kier molecular flexibility index (Phi) is 5.50. The van der Waals surface area contributed by atoms with E-state index in [4.69, 9.17) is 9.15 Å². The molecular weight excluding hydrogens is 352 g/mol. The monoisotopic (exact) mass is 370 g/mol. The van der Waals surface area contributed by atoms with Crippen molar-refractivity contribution in [3.63, 3.8) is 0 Å². The Morgan fingerprint density at radius 2 is 2.04 bits per heavy atom. The third kappa shape index (κ3) is 4.51. The van der Waals surface area contributed by atoms with Crippen molar-refractivity contribution < 1.29 is 18.9 Å². The summed E-state index contributed by atoms with van der Waals surface area (Å²) < 4.78 is 12.8. The summed E-state index contributed by atoms with van der Waals surface area (Å²) in [5.74, 6) is 0.785. The fourth-order valence-electron chi connectivity index (χ4n) is 2.45. The number of aromatic nitrogens is 2. The van der Waals surface area contributed by atoms with Crippen molar-refractivity contribution >= 4 is 11.6 Å². The number of nitro benzene ring substituents is 1. The summed E-state index contributed by atoms with van der Waals surface area (Å²) in [6.45, 7) is 3.15. The topological polar surface area (TPSA) is 112 Å². The van der Waals surface area contributed by atoms with E-state index < -0.39 is 4.92 Å². The number of benzene rings is 1. The van der Waals surface area contributed by atoms with Gasteiger partial charge in [-0.05, 0) is 37.3 Å². The molecule has 0 aliphatic rings. The first kappa shape index (κ1) is 18.2. The predicted octanol–water partition coefficient (Wildman–Crippen LogP) is 2.91. The van der Waals surface area contributed by atoms with Crippen molar-refractivity contribution in [3.05, 3.63) is 76.0 Å². The maximum absolute atomic E-state index is 12.2. The van der Waals surface area contributed by atoms with Gasteiger partial charge in [0.25, 0.3) is 11.6 Å². The summed E-state index contributed by atoms with van der Waals surface area (Å²) >= 11 is 0. The van der Waals surface area contributed by atoms with Crippen LogP contribution in [0.25, 0.3) is 0 Å². The van der Waals surface area contributed by atoms with E-state index in [1.807, 2.05) is 13.0 Å². The molecule has 0 saturated heterocycles. The second-order valence-corrected chi connectivity index (χ2v) is 5.63. The van der Waals surface area contributed by atoms with E-state index in [1.54, 1.807) is 23.0 Å². The zero-order valence-corrected chi connectivity index (χ0v) is 14.6. The van der Waals surface area contributed by atoms with E-state index in [1.165, 1.54) is 24.3 Å². The molecule has 27 heavy (non-hydrogen) atoms. The van der Waals surface area contributed by atoms with Crippen LogP contribution in [0.1, 0.15) is 28.9 Å². The Labute approximate surface area is 154 Å². The number of non-ortho nitro benzene ring substituents is 1. The van der Waals surface area contributed by atoms with Crippen LogP contribution in [0.4, 0.5) is 5.69 Å². The van der Waals surface area contributed by atoms with Crippen LogP contribution in [-0.4, -0.2) is 20.6 Å². The van der Waals surface area contributed by atoms with Gasteiger partial charge in [0.05, 0.1) is 17.2 Å². The summed E-state index contributed by atoms with van der Waals surface area (Å²) in [6.07, 6.45) is 1.69. The third-order valence-corrected chi connectivity index (χ3v) is 3.85. The third-order valence-electron chi connectivity index (χ3n) is 3.85. The number of hydrogen-bond donors (Lipinski definition) is 1. The molecule has 3 rings (SSSR count). The molecule has 1 N–H and O–H groups in total. The van der Waals surface area contributed by atoms with Gasteiger partial charge in [0.15, 0.2) is 5.76 Å². The van der Waals surface area contributed by atoms with E-state index in [0.717, 1.165) is 12.2 Å². The normalized spacial score (nSPS) is 10.6. The molecular formula is C18H18N4O5. The van der Waals surface area contributed by atoms with Crippen molar-refractivity contribution in [2.45, 2.75) is 26.6 Å². The fourth-order valence-corrected chi connectivity index (χ4v) is 2.45. The minimum atomic E-state index is -0.478. The molecule has 140 valence electrons. The molecule has 1 amide bonds. The van der Waals surface area contributed by atoms with Gasteiger partial charge in [0, 0.05) is 24.9 Å². The van der Waals surface area contributed by atoms with E-state index in [9.17, 15) is 14.9 Å². The minimum absolute atomic E-state index is 0.0104. The molecule has 0 spiro atoms. The Balaban J connectivity index is 1.53. The first-order valence-electron chi connectivity index (χ1n) is 8.31. The van der Waals surface area contributed by atoms with Crippen LogP contribution in [0.2, 0.25) is 0 Å². The van der Waals surface area contributed by atoms with Gasteiger partial charge >= 0.3 is 0 Å². The zero-order chi connectivity index (χ0) is 19.2. The summed E-state index contributed by atoms with van der Waals surface area (Å²) in [6, 6.07) is 10.8. The molecule has 0 aliphatic carbocycles. The zero-order valence-electron chi connectivity index (χ0n) is 14.6. The SMILES string of the molecule is CCn1nccc1CNC(=O)c1ccc(COc2ccc([N+](=O)[O-])cc2)o1. The number of furan rings is 1. The van der Waals surface area contributed by atoms with Gasteiger partial charge in [0.1, 0.15) is 18.1 Å². The Morgan fingerprint density at radius 1 is 1.26 bits per heavy atom. The number of carbonyl (C=O) groups excluding carboxylic acids is 1. The largest absolute Gasteiger partial charge is 0.486 e. The lowest BCUT2D eigenvalue weighted by molar-refractivity contribution is -0.384. The van der Waals surface area contributed by atoms with Crippen LogP contribution in [0.5, 0.6) is 5.75 Å². The molecule has 1 aromatic carbocycles. The van der Waals surface area contributed by atoms with Crippen molar-refractivity contribution in [1.82, 2.24) is 15.1 Å². The van der Waals surface area contributed by atoms with Crippen LogP contribution < -0.4 is 10.1 Å². The smallest absolute Gasteiger partial charge is 0.287 e. The molecule has 2 heterocycles. The van der Waals surface area contributed by atoms with Crippen LogP contribution in [0, 0.1) is 10.1 Å².